The zero-order valence-corrected chi connectivity index (χ0v) is 16.2. The van der Waals surface area contributed by atoms with Crippen molar-refractivity contribution >= 4 is 22.5 Å². The van der Waals surface area contributed by atoms with Gasteiger partial charge in [-0.25, -0.2) is 0 Å². The maximum absolute atomic E-state index is 6.21. The molecule has 1 atom stereocenters. The molecule has 2 aromatic carbocycles. The van der Waals surface area contributed by atoms with Crippen LogP contribution < -0.4 is 9.47 Å². The van der Waals surface area contributed by atoms with Crippen LogP contribution in [0.3, 0.4) is 0 Å². The van der Waals surface area contributed by atoms with E-state index in [1.165, 1.54) is 0 Å². The van der Waals surface area contributed by atoms with Crippen LogP contribution in [0.25, 0.3) is 10.9 Å². The fourth-order valence-electron chi connectivity index (χ4n) is 3.52. The Hall–Kier alpha value is -2.30. The van der Waals surface area contributed by atoms with Crippen molar-refractivity contribution in [3.8, 4) is 11.5 Å². The highest BCUT2D eigenvalue weighted by Gasteiger charge is 2.35. The van der Waals surface area contributed by atoms with Crippen LogP contribution in [-0.2, 0) is 0 Å². The Morgan fingerprint density at radius 2 is 1.93 bits per heavy atom. The Morgan fingerprint density at radius 3 is 2.78 bits per heavy atom. The van der Waals surface area contributed by atoms with Gasteiger partial charge in [0.25, 0.3) is 0 Å². The summed E-state index contributed by atoms with van der Waals surface area (Å²) in [6, 6.07) is 17.6. The molecule has 0 amide bonds. The van der Waals surface area contributed by atoms with E-state index in [1.54, 1.807) is 6.20 Å². The van der Waals surface area contributed by atoms with Crippen molar-refractivity contribution in [2.45, 2.75) is 18.9 Å². The van der Waals surface area contributed by atoms with Crippen LogP contribution in [0.15, 0.2) is 60.8 Å². The largest absolute Gasteiger partial charge is 0.492 e. The van der Waals surface area contributed by atoms with Crippen LogP contribution in [0.1, 0.15) is 13.3 Å². The van der Waals surface area contributed by atoms with Crippen molar-refractivity contribution < 1.29 is 9.47 Å². The molecular weight excluding hydrogens is 360 g/mol. The molecule has 4 rings (SSSR count). The van der Waals surface area contributed by atoms with Crippen molar-refractivity contribution in [2.24, 2.45) is 0 Å². The number of ether oxygens (including phenoxy) is 2. The Labute approximate surface area is 164 Å². The number of pyridine rings is 1. The summed E-state index contributed by atoms with van der Waals surface area (Å²) in [5.41, 5.74) is 0.779. The van der Waals surface area contributed by atoms with E-state index in [-0.39, 0.29) is 5.60 Å². The highest BCUT2D eigenvalue weighted by atomic mass is 35.5. The number of fused-ring (bicyclic) bond motifs is 1. The summed E-state index contributed by atoms with van der Waals surface area (Å²) in [7, 11) is 0. The smallest absolute Gasteiger partial charge is 0.121 e. The minimum absolute atomic E-state index is 0.180. The summed E-state index contributed by atoms with van der Waals surface area (Å²) in [5.74, 6) is 1.73. The number of likely N-dealkylation sites (tertiary alicyclic amines) is 1. The molecule has 140 valence electrons. The summed E-state index contributed by atoms with van der Waals surface area (Å²) in [5, 5.41) is 1.85. The van der Waals surface area contributed by atoms with Crippen LogP contribution in [-0.4, -0.2) is 41.7 Å². The monoisotopic (exact) mass is 382 g/mol. The molecule has 0 spiro atoms. The molecule has 1 aromatic heterocycles. The Morgan fingerprint density at radius 1 is 1.11 bits per heavy atom. The number of hydrogen-bond acceptors (Lipinski definition) is 4. The lowest BCUT2D eigenvalue weighted by Crippen LogP contribution is -2.37. The van der Waals surface area contributed by atoms with E-state index in [0.717, 1.165) is 53.5 Å². The van der Waals surface area contributed by atoms with Gasteiger partial charge in [0.05, 0.1) is 5.52 Å². The first kappa shape index (κ1) is 18.1. The first-order chi connectivity index (χ1) is 13.1. The Balaban J connectivity index is 1.28. The summed E-state index contributed by atoms with van der Waals surface area (Å²) < 4.78 is 12.1. The predicted octanol–water partition coefficient (Wildman–Crippen LogP) is 4.81. The molecule has 0 N–H and O–H groups in total. The molecule has 0 radical (unpaired) electrons. The molecular formula is C22H23ClN2O2. The van der Waals surface area contributed by atoms with E-state index in [0.29, 0.717) is 6.61 Å². The number of rotatable bonds is 6. The number of halogens is 1. The third-order valence-corrected chi connectivity index (χ3v) is 5.20. The summed E-state index contributed by atoms with van der Waals surface area (Å²) in [4.78, 5) is 6.76. The van der Waals surface area contributed by atoms with Crippen LogP contribution in [0.4, 0.5) is 0 Å². The summed E-state index contributed by atoms with van der Waals surface area (Å²) in [6.07, 6.45) is 2.80. The minimum atomic E-state index is -0.180. The molecule has 1 fully saturated rings. The van der Waals surface area contributed by atoms with Gasteiger partial charge in [0, 0.05) is 48.7 Å². The molecule has 0 bridgehead atoms. The molecule has 1 aliphatic rings. The topological polar surface area (TPSA) is 34.6 Å². The Bertz CT molecular complexity index is 916. The van der Waals surface area contributed by atoms with E-state index in [1.807, 2.05) is 48.5 Å². The second kappa shape index (κ2) is 7.75. The second-order valence-corrected chi connectivity index (χ2v) is 7.67. The van der Waals surface area contributed by atoms with Gasteiger partial charge in [-0.15, -0.1) is 0 Å². The number of benzene rings is 2. The first-order valence-corrected chi connectivity index (χ1v) is 9.62. The molecule has 3 aromatic rings. The van der Waals surface area contributed by atoms with Crippen LogP contribution >= 0.6 is 11.6 Å². The molecule has 1 saturated heterocycles. The van der Waals surface area contributed by atoms with Gasteiger partial charge in [0.2, 0.25) is 0 Å². The molecule has 0 saturated carbocycles. The highest BCUT2D eigenvalue weighted by molar-refractivity contribution is 6.30. The molecule has 1 aliphatic heterocycles. The lowest BCUT2D eigenvalue weighted by Gasteiger charge is -2.26. The van der Waals surface area contributed by atoms with Crippen molar-refractivity contribution in [1.29, 1.82) is 0 Å². The van der Waals surface area contributed by atoms with Gasteiger partial charge in [-0.2, -0.15) is 0 Å². The van der Waals surface area contributed by atoms with E-state index in [9.17, 15) is 0 Å². The lowest BCUT2D eigenvalue weighted by molar-refractivity contribution is 0.0935. The molecule has 0 aliphatic carbocycles. The summed E-state index contributed by atoms with van der Waals surface area (Å²) >= 11 is 5.94. The highest BCUT2D eigenvalue weighted by Crippen LogP contribution is 2.28. The van der Waals surface area contributed by atoms with Gasteiger partial charge >= 0.3 is 0 Å². The first-order valence-electron chi connectivity index (χ1n) is 9.24. The second-order valence-electron chi connectivity index (χ2n) is 7.24. The van der Waals surface area contributed by atoms with E-state index >= 15 is 0 Å². The number of nitrogens with zero attached hydrogens (tertiary/aromatic N) is 2. The van der Waals surface area contributed by atoms with Gasteiger partial charge in [-0.1, -0.05) is 17.7 Å². The van der Waals surface area contributed by atoms with Crippen LogP contribution in [0.5, 0.6) is 11.5 Å². The maximum atomic E-state index is 6.21. The molecule has 1 unspecified atom stereocenters. The molecule has 4 nitrogen and oxygen atoms in total. The molecule has 27 heavy (non-hydrogen) atoms. The van der Waals surface area contributed by atoms with E-state index in [4.69, 9.17) is 21.1 Å². The van der Waals surface area contributed by atoms with Crippen LogP contribution in [0, 0.1) is 0 Å². The minimum Gasteiger partial charge on any atom is -0.492 e. The predicted molar refractivity (Wildman–Crippen MR) is 109 cm³/mol. The third-order valence-electron chi connectivity index (χ3n) is 4.95. The average Bonchev–Trinajstić information content (AvgIpc) is 3.04. The molecule has 2 heterocycles. The zero-order chi connectivity index (χ0) is 18.7. The van der Waals surface area contributed by atoms with E-state index in [2.05, 4.69) is 22.9 Å². The Kier molecular flexibility index (Phi) is 5.19. The standard InChI is InChI=1S/C22H23ClN2O2/c1-22(27-19-8-5-18(23)6-9-19)10-12-25(16-22)13-14-26-20-7-4-17-3-2-11-24-21(17)15-20/h2-9,11,15H,10,12-14,16H2,1H3. The zero-order valence-electron chi connectivity index (χ0n) is 15.4. The maximum Gasteiger partial charge on any atom is 0.121 e. The number of hydrogen-bond donors (Lipinski definition) is 0. The molecule has 5 heteroatoms. The van der Waals surface area contributed by atoms with Crippen molar-refractivity contribution in [3.05, 3.63) is 65.8 Å². The fourth-order valence-corrected chi connectivity index (χ4v) is 3.64. The van der Waals surface area contributed by atoms with Crippen molar-refractivity contribution in [3.63, 3.8) is 0 Å². The lowest BCUT2D eigenvalue weighted by atomic mass is 10.1. The van der Waals surface area contributed by atoms with Crippen molar-refractivity contribution in [1.82, 2.24) is 9.88 Å². The average molecular weight is 383 g/mol. The van der Waals surface area contributed by atoms with Gasteiger partial charge in [-0.05, 0) is 49.4 Å². The summed E-state index contributed by atoms with van der Waals surface area (Å²) in [6.45, 7) is 5.58. The van der Waals surface area contributed by atoms with Gasteiger partial charge in [-0.3, -0.25) is 9.88 Å². The number of aromatic nitrogens is 1. The van der Waals surface area contributed by atoms with Gasteiger partial charge in [0.15, 0.2) is 0 Å². The SMILES string of the molecule is CC1(Oc2ccc(Cl)cc2)CCN(CCOc2ccc3cccnc3c2)C1. The fraction of sp³-hybridized carbons (Fsp3) is 0.318. The van der Waals surface area contributed by atoms with Gasteiger partial charge in [0.1, 0.15) is 23.7 Å². The van der Waals surface area contributed by atoms with E-state index < -0.39 is 0 Å². The quantitative estimate of drug-likeness (QED) is 0.612. The van der Waals surface area contributed by atoms with Gasteiger partial charge < -0.3 is 9.47 Å². The van der Waals surface area contributed by atoms with Crippen LogP contribution in [0.2, 0.25) is 5.02 Å². The normalized spacial score (nSPS) is 20.1. The third kappa shape index (κ3) is 4.52. The van der Waals surface area contributed by atoms with Crippen molar-refractivity contribution in [2.75, 3.05) is 26.2 Å².